The average molecular weight is 169 g/mol. The van der Waals surface area contributed by atoms with Gasteiger partial charge in [-0.1, -0.05) is 6.58 Å². The first-order valence-corrected chi connectivity index (χ1v) is 3.93. The second-order valence-electron chi connectivity index (χ2n) is 2.09. The van der Waals surface area contributed by atoms with Crippen LogP contribution in [0.15, 0.2) is 17.6 Å². The van der Waals surface area contributed by atoms with Crippen LogP contribution in [0.3, 0.4) is 0 Å². The maximum Gasteiger partial charge on any atom is 0.243 e. The van der Waals surface area contributed by atoms with Crippen molar-refractivity contribution in [2.75, 3.05) is 19.6 Å². The molecule has 1 heterocycles. The predicted octanol–water partition coefficient (Wildman–Crippen LogP) is -0.0736. The van der Waals surface area contributed by atoms with Crippen LogP contribution in [0.5, 0.6) is 0 Å². The number of carbonyl (C=O) groups is 1. The maximum absolute atomic E-state index is 10.2. The molecule has 68 valence electrons. The Balaban J connectivity index is 0.000000211. The van der Waals surface area contributed by atoms with Gasteiger partial charge in [0.1, 0.15) is 0 Å². The zero-order chi connectivity index (χ0) is 9.23. The number of aliphatic imine (C=N–C) groups is 1. The fourth-order valence-corrected chi connectivity index (χ4v) is 0.569. The molecule has 0 bridgehead atoms. The van der Waals surface area contributed by atoms with Crippen molar-refractivity contribution in [3.63, 3.8) is 0 Å². The molecule has 1 aliphatic heterocycles. The largest absolute Gasteiger partial charge is 0.375 e. The number of likely N-dealkylation sites (N-methyl/N-ethyl adjacent to an activating group) is 1. The molecular formula is C8H15N3O. The van der Waals surface area contributed by atoms with Crippen molar-refractivity contribution in [3.05, 3.63) is 12.7 Å². The molecule has 0 saturated heterocycles. The second kappa shape index (κ2) is 7.78. The van der Waals surface area contributed by atoms with Gasteiger partial charge in [-0.25, -0.2) is 0 Å². The Morgan fingerprint density at radius 3 is 2.83 bits per heavy atom. The zero-order valence-electron chi connectivity index (χ0n) is 7.34. The van der Waals surface area contributed by atoms with E-state index in [0.29, 0.717) is 6.54 Å². The van der Waals surface area contributed by atoms with E-state index in [1.807, 2.05) is 6.92 Å². The van der Waals surface area contributed by atoms with Gasteiger partial charge in [-0.05, 0) is 13.0 Å². The zero-order valence-corrected chi connectivity index (χ0v) is 7.34. The van der Waals surface area contributed by atoms with Crippen LogP contribution in [0.2, 0.25) is 0 Å². The fraction of sp³-hybridized carbons (Fsp3) is 0.500. The van der Waals surface area contributed by atoms with Crippen LogP contribution in [0, 0.1) is 0 Å². The third-order valence-corrected chi connectivity index (χ3v) is 1.10. The minimum absolute atomic E-state index is 0.109. The van der Waals surface area contributed by atoms with E-state index in [0.717, 1.165) is 13.1 Å². The van der Waals surface area contributed by atoms with Gasteiger partial charge in [0, 0.05) is 13.1 Å². The smallest absolute Gasteiger partial charge is 0.243 e. The van der Waals surface area contributed by atoms with E-state index in [2.05, 4.69) is 22.2 Å². The maximum atomic E-state index is 10.2. The van der Waals surface area contributed by atoms with Crippen molar-refractivity contribution in [2.24, 2.45) is 4.99 Å². The quantitative estimate of drug-likeness (QED) is 0.568. The number of nitrogens with one attached hydrogen (secondary N) is 2. The molecule has 0 radical (unpaired) electrons. The Morgan fingerprint density at radius 2 is 2.67 bits per heavy atom. The molecule has 1 rings (SSSR count). The van der Waals surface area contributed by atoms with Crippen molar-refractivity contribution in [1.29, 1.82) is 0 Å². The van der Waals surface area contributed by atoms with Gasteiger partial charge in [-0.15, -0.1) is 0 Å². The lowest BCUT2D eigenvalue weighted by molar-refractivity contribution is -0.116. The summed E-state index contributed by atoms with van der Waals surface area (Å²) in [6.45, 7) is 7.79. The lowest BCUT2D eigenvalue weighted by Gasteiger charge is -1.90. The summed E-state index contributed by atoms with van der Waals surface area (Å²) in [5.41, 5.74) is 0. The Kier molecular flexibility index (Phi) is 6.93. The Bertz CT molecular complexity index is 160. The molecule has 12 heavy (non-hydrogen) atoms. The Morgan fingerprint density at radius 1 is 1.92 bits per heavy atom. The van der Waals surface area contributed by atoms with Crippen molar-refractivity contribution < 1.29 is 4.79 Å². The van der Waals surface area contributed by atoms with Gasteiger partial charge >= 0.3 is 0 Å². The average Bonchev–Trinajstić information content (AvgIpc) is 2.62. The molecule has 0 fully saturated rings. The summed E-state index contributed by atoms with van der Waals surface area (Å²) < 4.78 is 0. The molecule has 4 heteroatoms. The van der Waals surface area contributed by atoms with Crippen LogP contribution >= 0.6 is 0 Å². The van der Waals surface area contributed by atoms with Crippen molar-refractivity contribution in [1.82, 2.24) is 10.6 Å². The van der Waals surface area contributed by atoms with Gasteiger partial charge in [0.05, 0.1) is 12.9 Å². The first-order valence-electron chi connectivity index (χ1n) is 3.93. The standard InChI is InChI=1S/C5H9NO.C3H6N2/c1-3-5(7)6-4-2;1-2-5-3-4-1/h3H,1,4H2,2H3,(H,6,7);3H,1-2H2,(H,4,5). The number of nitrogens with zero attached hydrogens (tertiary/aromatic N) is 1. The molecule has 4 nitrogen and oxygen atoms in total. The Hall–Kier alpha value is -1.32. The van der Waals surface area contributed by atoms with Crippen LogP contribution in [0.4, 0.5) is 0 Å². The third kappa shape index (κ3) is 6.80. The highest BCUT2D eigenvalue weighted by Gasteiger charge is 1.83. The van der Waals surface area contributed by atoms with E-state index in [4.69, 9.17) is 0 Å². The molecule has 0 saturated carbocycles. The molecule has 1 aliphatic rings. The summed E-state index contributed by atoms with van der Waals surface area (Å²) in [4.78, 5) is 14.0. The molecular weight excluding hydrogens is 154 g/mol. The second-order valence-corrected chi connectivity index (χ2v) is 2.09. The molecule has 0 aliphatic carbocycles. The SMILES string of the molecule is C1=NCCN1.C=CC(=O)NCC. The van der Waals surface area contributed by atoms with Crippen LogP contribution in [-0.2, 0) is 4.79 Å². The number of rotatable bonds is 2. The molecule has 0 aromatic rings. The van der Waals surface area contributed by atoms with E-state index in [1.165, 1.54) is 6.08 Å². The van der Waals surface area contributed by atoms with Gasteiger partial charge in [-0.3, -0.25) is 9.79 Å². The number of amides is 1. The summed E-state index contributed by atoms with van der Waals surface area (Å²) in [7, 11) is 0. The molecule has 0 atom stereocenters. The number of hydrogen-bond acceptors (Lipinski definition) is 3. The van der Waals surface area contributed by atoms with E-state index < -0.39 is 0 Å². The topological polar surface area (TPSA) is 53.5 Å². The number of hydrogen-bond donors (Lipinski definition) is 2. The molecule has 2 N–H and O–H groups in total. The fourth-order valence-electron chi connectivity index (χ4n) is 0.569. The van der Waals surface area contributed by atoms with Gasteiger partial charge < -0.3 is 10.6 Å². The highest BCUT2D eigenvalue weighted by atomic mass is 16.1. The lowest BCUT2D eigenvalue weighted by atomic mass is 10.6. The summed E-state index contributed by atoms with van der Waals surface area (Å²) in [6.07, 6.45) is 2.99. The van der Waals surface area contributed by atoms with E-state index in [9.17, 15) is 4.79 Å². The third-order valence-electron chi connectivity index (χ3n) is 1.10. The summed E-state index contributed by atoms with van der Waals surface area (Å²) in [5, 5.41) is 5.47. The van der Waals surface area contributed by atoms with Gasteiger partial charge in [0.15, 0.2) is 0 Å². The molecule has 0 spiro atoms. The van der Waals surface area contributed by atoms with Crippen LogP contribution < -0.4 is 10.6 Å². The van der Waals surface area contributed by atoms with Crippen LogP contribution in [0.1, 0.15) is 6.92 Å². The first kappa shape index (κ1) is 10.7. The normalized spacial score (nSPS) is 12.4. The minimum atomic E-state index is -0.109. The predicted molar refractivity (Wildman–Crippen MR) is 50.2 cm³/mol. The molecule has 1 amide bonds. The van der Waals surface area contributed by atoms with Gasteiger partial charge in [-0.2, -0.15) is 0 Å². The van der Waals surface area contributed by atoms with E-state index in [-0.39, 0.29) is 5.91 Å². The highest BCUT2D eigenvalue weighted by molar-refractivity contribution is 5.86. The monoisotopic (exact) mass is 169 g/mol. The summed E-state index contributed by atoms with van der Waals surface area (Å²) in [6, 6.07) is 0. The van der Waals surface area contributed by atoms with Crippen molar-refractivity contribution in [2.45, 2.75) is 6.92 Å². The summed E-state index contributed by atoms with van der Waals surface area (Å²) in [5.74, 6) is -0.109. The van der Waals surface area contributed by atoms with Crippen LogP contribution in [0.25, 0.3) is 0 Å². The number of carbonyl (C=O) groups excluding carboxylic acids is 1. The molecule has 0 aromatic carbocycles. The Labute approximate surface area is 72.8 Å². The van der Waals surface area contributed by atoms with Gasteiger partial charge in [0.2, 0.25) is 5.91 Å². The molecule has 0 unspecified atom stereocenters. The molecule has 0 aromatic heterocycles. The van der Waals surface area contributed by atoms with E-state index >= 15 is 0 Å². The van der Waals surface area contributed by atoms with Crippen molar-refractivity contribution in [3.8, 4) is 0 Å². The lowest BCUT2D eigenvalue weighted by Crippen LogP contribution is -2.19. The van der Waals surface area contributed by atoms with E-state index in [1.54, 1.807) is 6.34 Å². The minimum Gasteiger partial charge on any atom is -0.375 e. The first-order chi connectivity index (χ1) is 5.81. The van der Waals surface area contributed by atoms with Gasteiger partial charge in [0.25, 0.3) is 0 Å². The highest BCUT2D eigenvalue weighted by Crippen LogP contribution is 1.68. The van der Waals surface area contributed by atoms with Crippen LogP contribution in [-0.4, -0.2) is 31.9 Å². The summed E-state index contributed by atoms with van der Waals surface area (Å²) >= 11 is 0. The van der Waals surface area contributed by atoms with Crippen molar-refractivity contribution >= 4 is 12.2 Å².